The molecule has 0 atom stereocenters. The summed E-state index contributed by atoms with van der Waals surface area (Å²) < 4.78 is 0. The SMILES string of the molecule is CN(C)c1ccc(NCc2cc(C(C)(C)C)c(O)c(C(C)(C)C)c2)cc1. The highest BCUT2D eigenvalue weighted by Gasteiger charge is 2.26. The molecule has 0 saturated heterocycles. The topological polar surface area (TPSA) is 35.5 Å². The Labute approximate surface area is 159 Å². The fourth-order valence-corrected chi connectivity index (χ4v) is 3.02. The van der Waals surface area contributed by atoms with Crippen LogP contribution >= 0.6 is 0 Å². The van der Waals surface area contributed by atoms with Crippen molar-refractivity contribution in [2.24, 2.45) is 0 Å². The Bertz CT molecular complexity index is 712. The van der Waals surface area contributed by atoms with Gasteiger partial charge in [0, 0.05) is 32.0 Å². The van der Waals surface area contributed by atoms with Crippen LogP contribution in [0.3, 0.4) is 0 Å². The van der Waals surface area contributed by atoms with Crippen LogP contribution in [0.1, 0.15) is 58.2 Å². The first-order chi connectivity index (χ1) is 11.9. The maximum atomic E-state index is 10.8. The molecule has 2 aromatic carbocycles. The normalized spacial score (nSPS) is 12.2. The van der Waals surface area contributed by atoms with Crippen LogP contribution in [0.4, 0.5) is 11.4 Å². The zero-order valence-corrected chi connectivity index (χ0v) is 17.6. The third-order valence-electron chi connectivity index (χ3n) is 4.67. The molecule has 0 aliphatic rings. The molecule has 0 aliphatic carbocycles. The Morgan fingerprint density at radius 2 is 1.31 bits per heavy atom. The molecule has 0 heterocycles. The first-order valence-electron chi connectivity index (χ1n) is 9.27. The quantitative estimate of drug-likeness (QED) is 0.743. The van der Waals surface area contributed by atoms with E-state index in [-0.39, 0.29) is 10.8 Å². The fourth-order valence-electron chi connectivity index (χ4n) is 3.02. The molecule has 3 nitrogen and oxygen atoms in total. The molecule has 0 fully saturated rings. The molecule has 0 unspecified atom stereocenters. The maximum Gasteiger partial charge on any atom is 0.123 e. The van der Waals surface area contributed by atoms with E-state index < -0.39 is 0 Å². The van der Waals surface area contributed by atoms with Crippen LogP contribution in [0.2, 0.25) is 0 Å². The predicted molar refractivity (Wildman–Crippen MR) is 114 cm³/mol. The van der Waals surface area contributed by atoms with Crippen molar-refractivity contribution < 1.29 is 5.11 Å². The van der Waals surface area contributed by atoms with Crippen LogP contribution < -0.4 is 10.2 Å². The van der Waals surface area contributed by atoms with E-state index in [9.17, 15) is 5.11 Å². The molecule has 26 heavy (non-hydrogen) atoms. The molecule has 2 N–H and O–H groups in total. The Morgan fingerprint density at radius 3 is 1.69 bits per heavy atom. The van der Waals surface area contributed by atoms with E-state index in [1.54, 1.807) is 0 Å². The number of phenols is 1. The number of anilines is 2. The number of rotatable bonds is 4. The van der Waals surface area contributed by atoms with Crippen LogP contribution in [0.25, 0.3) is 0 Å². The molecule has 2 aromatic rings. The van der Waals surface area contributed by atoms with Gasteiger partial charge in [-0.3, -0.25) is 0 Å². The Kier molecular flexibility index (Phi) is 5.60. The van der Waals surface area contributed by atoms with Crippen LogP contribution in [0.15, 0.2) is 36.4 Å². The van der Waals surface area contributed by atoms with Gasteiger partial charge in [0.25, 0.3) is 0 Å². The van der Waals surface area contributed by atoms with Gasteiger partial charge in [-0.05, 0) is 63.9 Å². The summed E-state index contributed by atoms with van der Waals surface area (Å²) in [7, 11) is 4.09. The molecule has 142 valence electrons. The average molecular weight is 355 g/mol. The zero-order valence-electron chi connectivity index (χ0n) is 17.6. The van der Waals surface area contributed by atoms with E-state index in [1.165, 1.54) is 11.3 Å². The monoisotopic (exact) mass is 354 g/mol. The van der Waals surface area contributed by atoms with Crippen molar-refractivity contribution in [3.05, 3.63) is 53.1 Å². The standard InChI is InChI=1S/C23H34N2O/c1-22(2,3)19-13-16(14-20(21(19)26)23(4,5)6)15-24-17-9-11-18(12-10-17)25(7)8/h9-14,24,26H,15H2,1-8H3. The van der Waals surface area contributed by atoms with E-state index in [2.05, 4.69) is 88.2 Å². The number of phenolic OH excluding ortho intramolecular Hbond substituents is 1. The second-order valence-electron chi connectivity index (χ2n) is 9.33. The molecule has 0 radical (unpaired) electrons. The third-order valence-corrected chi connectivity index (χ3v) is 4.67. The van der Waals surface area contributed by atoms with Crippen molar-refractivity contribution in [2.45, 2.75) is 58.9 Å². The smallest absolute Gasteiger partial charge is 0.123 e. The van der Waals surface area contributed by atoms with Gasteiger partial charge in [0.15, 0.2) is 0 Å². The summed E-state index contributed by atoms with van der Waals surface area (Å²) in [5.41, 5.74) is 5.27. The average Bonchev–Trinajstić information content (AvgIpc) is 2.52. The third kappa shape index (κ3) is 4.72. The molecule has 0 spiro atoms. The summed E-state index contributed by atoms with van der Waals surface area (Å²) in [5, 5.41) is 14.3. The second-order valence-corrected chi connectivity index (χ2v) is 9.33. The van der Waals surface area contributed by atoms with Gasteiger partial charge in [-0.2, -0.15) is 0 Å². The molecular weight excluding hydrogens is 320 g/mol. The van der Waals surface area contributed by atoms with Crippen molar-refractivity contribution in [3.8, 4) is 5.75 Å². The van der Waals surface area contributed by atoms with Crippen LogP contribution in [-0.2, 0) is 17.4 Å². The Hall–Kier alpha value is -2.16. The highest BCUT2D eigenvalue weighted by Crippen LogP contribution is 2.39. The van der Waals surface area contributed by atoms with Gasteiger partial charge in [-0.15, -0.1) is 0 Å². The van der Waals surface area contributed by atoms with Crippen molar-refractivity contribution in [1.29, 1.82) is 0 Å². The molecule has 0 bridgehead atoms. The molecule has 0 saturated carbocycles. The van der Waals surface area contributed by atoms with Gasteiger partial charge >= 0.3 is 0 Å². The van der Waals surface area contributed by atoms with Gasteiger partial charge in [0.2, 0.25) is 0 Å². The summed E-state index contributed by atoms with van der Waals surface area (Å²) in [5.74, 6) is 0.434. The highest BCUT2D eigenvalue weighted by molar-refractivity contribution is 5.55. The summed E-state index contributed by atoms with van der Waals surface area (Å²) in [6.07, 6.45) is 0. The first-order valence-corrected chi connectivity index (χ1v) is 9.27. The number of nitrogens with one attached hydrogen (secondary N) is 1. The molecule has 0 aliphatic heterocycles. The summed E-state index contributed by atoms with van der Waals surface area (Å²) in [6, 6.07) is 12.7. The minimum atomic E-state index is -0.104. The van der Waals surface area contributed by atoms with E-state index in [0.29, 0.717) is 5.75 Å². The molecule has 2 rings (SSSR count). The lowest BCUT2D eigenvalue weighted by Gasteiger charge is -2.28. The van der Waals surface area contributed by atoms with E-state index in [1.807, 2.05) is 14.1 Å². The molecular formula is C23H34N2O. The van der Waals surface area contributed by atoms with Gasteiger partial charge in [0.1, 0.15) is 5.75 Å². The number of benzene rings is 2. The minimum Gasteiger partial charge on any atom is -0.507 e. The van der Waals surface area contributed by atoms with Crippen molar-refractivity contribution in [2.75, 3.05) is 24.3 Å². The summed E-state index contributed by atoms with van der Waals surface area (Å²) >= 11 is 0. The summed E-state index contributed by atoms with van der Waals surface area (Å²) in [6.45, 7) is 13.6. The predicted octanol–water partition coefficient (Wildman–Crippen LogP) is 5.67. The number of aromatic hydroxyl groups is 1. The van der Waals surface area contributed by atoms with Crippen molar-refractivity contribution in [1.82, 2.24) is 0 Å². The Morgan fingerprint density at radius 1 is 0.846 bits per heavy atom. The van der Waals surface area contributed by atoms with Crippen LogP contribution in [0.5, 0.6) is 5.75 Å². The van der Waals surface area contributed by atoms with Gasteiger partial charge in [0.05, 0.1) is 0 Å². The van der Waals surface area contributed by atoms with Gasteiger partial charge in [-0.1, -0.05) is 41.5 Å². The number of hydrogen-bond donors (Lipinski definition) is 2. The fraction of sp³-hybridized carbons (Fsp3) is 0.478. The van der Waals surface area contributed by atoms with Gasteiger partial charge < -0.3 is 15.3 Å². The van der Waals surface area contributed by atoms with E-state index in [0.717, 1.165) is 23.4 Å². The van der Waals surface area contributed by atoms with Crippen molar-refractivity contribution >= 4 is 11.4 Å². The number of hydrogen-bond acceptors (Lipinski definition) is 3. The lowest BCUT2D eigenvalue weighted by Crippen LogP contribution is -2.18. The highest BCUT2D eigenvalue weighted by atomic mass is 16.3. The minimum absolute atomic E-state index is 0.104. The van der Waals surface area contributed by atoms with Crippen LogP contribution in [-0.4, -0.2) is 19.2 Å². The van der Waals surface area contributed by atoms with Crippen molar-refractivity contribution in [3.63, 3.8) is 0 Å². The van der Waals surface area contributed by atoms with E-state index >= 15 is 0 Å². The first kappa shape index (κ1) is 20.2. The lowest BCUT2D eigenvalue weighted by atomic mass is 9.78. The molecule has 0 amide bonds. The summed E-state index contributed by atoms with van der Waals surface area (Å²) in [4.78, 5) is 2.09. The second kappa shape index (κ2) is 7.22. The van der Waals surface area contributed by atoms with Crippen LogP contribution in [0, 0.1) is 0 Å². The zero-order chi connectivity index (χ0) is 19.7. The number of nitrogens with zero attached hydrogens (tertiary/aromatic N) is 1. The largest absolute Gasteiger partial charge is 0.507 e. The van der Waals surface area contributed by atoms with E-state index in [4.69, 9.17) is 0 Å². The lowest BCUT2D eigenvalue weighted by molar-refractivity contribution is 0.423. The molecule has 0 aromatic heterocycles. The maximum absolute atomic E-state index is 10.8. The molecule has 3 heteroatoms. The van der Waals surface area contributed by atoms with Gasteiger partial charge in [-0.25, -0.2) is 0 Å². The Balaban J connectivity index is 2.31.